The molecule has 0 saturated heterocycles. The second-order valence-corrected chi connectivity index (χ2v) is 4.21. The van der Waals surface area contributed by atoms with E-state index in [1.165, 1.54) is 12.1 Å². The molecule has 0 aliphatic heterocycles. The number of carbonyl (C=O) groups excluding carboxylic acids is 1. The van der Waals surface area contributed by atoms with E-state index in [9.17, 15) is 9.70 Å². The van der Waals surface area contributed by atoms with Crippen molar-refractivity contribution >= 4 is 17.7 Å². The highest BCUT2D eigenvalue weighted by molar-refractivity contribution is 5.89. The van der Waals surface area contributed by atoms with Gasteiger partial charge in [0.15, 0.2) is 0 Å². The molecule has 0 saturated carbocycles. The number of esters is 1. The van der Waals surface area contributed by atoms with Gasteiger partial charge >= 0.3 is 5.97 Å². The Hall–Kier alpha value is -2.75. The van der Waals surface area contributed by atoms with Crippen LogP contribution in [0.25, 0.3) is 6.08 Å². The van der Waals surface area contributed by atoms with Crippen molar-refractivity contribution in [1.29, 1.82) is 0 Å². The molecule has 100 valence electrons. The minimum Gasteiger partial charge on any atom is -0.423 e. The van der Waals surface area contributed by atoms with E-state index in [0.717, 1.165) is 11.1 Å². The number of carbonyl (C=O) groups is 1. The third-order valence-corrected chi connectivity index (χ3v) is 2.70. The van der Waals surface area contributed by atoms with Crippen molar-refractivity contribution in [1.82, 2.24) is 0 Å². The van der Waals surface area contributed by atoms with Crippen LogP contribution in [0.1, 0.15) is 11.1 Å². The third-order valence-electron chi connectivity index (χ3n) is 2.70. The summed E-state index contributed by atoms with van der Waals surface area (Å²) >= 11 is 0. The first-order chi connectivity index (χ1) is 9.69. The Kier molecular flexibility index (Phi) is 4.39. The van der Waals surface area contributed by atoms with Crippen molar-refractivity contribution in [2.75, 3.05) is 0 Å². The molecule has 2 aromatic rings. The molecule has 0 atom stereocenters. The summed E-state index contributed by atoms with van der Waals surface area (Å²) in [5.74, 6) is -0.162. The Bertz CT molecular complexity index is 648. The van der Waals surface area contributed by atoms with E-state index in [1.807, 2.05) is 30.3 Å². The zero-order valence-corrected chi connectivity index (χ0v) is 10.9. The second-order valence-electron chi connectivity index (χ2n) is 4.21. The Morgan fingerprint density at radius 2 is 1.90 bits per heavy atom. The predicted molar refractivity (Wildman–Crippen MR) is 77.7 cm³/mol. The molecular weight excluding hydrogens is 254 g/mol. The summed E-state index contributed by atoms with van der Waals surface area (Å²) in [5, 5.41) is 2.81. The molecule has 0 spiro atoms. The van der Waals surface area contributed by atoms with Crippen molar-refractivity contribution in [3.63, 3.8) is 0 Å². The van der Waals surface area contributed by atoms with Crippen LogP contribution in [0.5, 0.6) is 5.75 Å². The Morgan fingerprint density at radius 1 is 1.15 bits per heavy atom. The lowest BCUT2D eigenvalue weighted by Gasteiger charge is -2.05. The molecule has 0 aromatic heterocycles. The minimum absolute atomic E-state index is 0.227. The summed E-state index contributed by atoms with van der Waals surface area (Å²) in [7, 11) is 0. The number of aryl methyl sites for hydroxylation is 1. The van der Waals surface area contributed by atoms with Gasteiger partial charge in [-0.05, 0) is 35.4 Å². The van der Waals surface area contributed by atoms with E-state index in [2.05, 4.69) is 5.18 Å². The molecule has 0 N–H and O–H groups in total. The molecule has 0 unspecified atom stereocenters. The normalized spacial score (nSPS) is 10.4. The summed E-state index contributed by atoms with van der Waals surface area (Å²) in [4.78, 5) is 22.2. The topological polar surface area (TPSA) is 55.7 Å². The third kappa shape index (κ3) is 3.62. The van der Waals surface area contributed by atoms with Crippen LogP contribution in [0.2, 0.25) is 0 Å². The van der Waals surface area contributed by atoms with Gasteiger partial charge in [-0.2, -0.15) is 0 Å². The fraction of sp³-hybridized carbons (Fsp3) is 0.0625. The van der Waals surface area contributed by atoms with Crippen LogP contribution in [0, 0.1) is 11.8 Å². The van der Waals surface area contributed by atoms with Crippen molar-refractivity contribution in [3.05, 3.63) is 70.6 Å². The molecule has 2 rings (SSSR count). The van der Waals surface area contributed by atoms with Gasteiger partial charge < -0.3 is 4.74 Å². The van der Waals surface area contributed by atoms with E-state index < -0.39 is 5.97 Å². The Morgan fingerprint density at radius 3 is 2.60 bits per heavy atom. The molecule has 0 heterocycles. The molecule has 0 aliphatic rings. The summed E-state index contributed by atoms with van der Waals surface area (Å²) in [6, 6.07) is 14.1. The quantitative estimate of drug-likeness (QED) is 0.364. The molecule has 4 nitrogen and oxygen atoms in total. The molecule has 0 radical (unpaired) electrons. The van der Waals surface area contributed by atoms with Gasteiger partial charge in [-0.3, -0.25) is 0 Å². The lowest BCUT2D eigenvalue weighted by Crippen LogP contribution is -2.04. The first kappa shape index (κ1) is 13.7. The standard InChI is InChI=1S/C16H13NO3/c1-12-7-9-14(17-19)11-15(12)20-16(18)10-8-13-5-3-2-4-6-13/h2-11H,1H3. The van der Waals surface area contributed by atoms with Crippen LogP contribution in [0.15, 0.2) is 59.8 Å². The summed E-state index contributed by atoms with van der Waals surface area (Å²) in [5.41, 5.74) is 1.90. The van der Waals surface area contributed by atoms with Gasteiger partial charge in [-0.1, -0.05) is 36.4 Å². The van der Waals surface area contributed by atoms with Gasteiger partial charge in [0.2, 0.25) is 0 Å². The van der Waals surface area contributed by atoms with Crippen molar-refractivity contribution < 1.29 is 9.53 Å². The van der Waals surface area contributed by atoms with Crippen molar-refractivity contribution in [2.24, 2.45) is 5.18 Å². The number of rotatable bonds is 4. The minimum atomic E-state index is -0.500. The largest absolute Gasteiger partial charge is 0.423 e. The Labute approximate surface area is 116 Å². The number of nitrogens with zero attached hydrogens (tertiary/aromatic N) is 1. The molecule has 2 aromatic carbocycles. The molecule has 0 aliphatic carbocycles. The Balaban J connectivity index is 2.08. The van der Waals surface area contributed by atoms with E-state index >= 15 is 0 Å². The highest BCUT2D eigenvalue weighted by atomic mass is 16.5. The highest BCUT2D eigenvalue weighted by Crippen LogP contribution is 2.24. The summed E-state index contributed by atoms with van der Waals surface area (Å²) < 4.78 is 5.18. The zero-order chi connectivity index (χ0) is 14.4. The van der Waals surface area contributed by atoms with Crippen LogP contribution in [-0.4, -0.2) is 5.97 Å². The maximum atomic E-state index is 11.7. The molecular formula is C16H13NO3. The van der Waals surface area contributed by atoms with Crippen molar-refractivity contribution in [2.45, 2.75) is 6.92 Å². The lowest BCUT2D eigenvalue weighted by atomic mass is 10.2. The van der Waals surface area contributed by atoms with Gasteiger partial charge in [0.05, 0.1) is 0 Å². The average Bonchev–Trinajstić information content (AvgIpc) is 2.48. The summed E-state index contributed by atoms with van der Waals surface area (Å²) in [6.07, 6.45) is 3.01. The van der Waals surface area contributed by atoms with Gasteiger partial charge in [0.25, 0.3) is 0 Å². The van der Waals surface area contributed by atoms with E-state index in [-0.39, 0.29) is 5.69 Å². The van der Waals surface area contributed by atoms with Crippen LogP contribution in [0.4, 0.5) is 5.69 Å². The monoisotopic (exact) mass is 267 g/mol. The molecule has 0 amide bonds. The van der Waals surface area contributed by atoms with Gasteiger partial charge in [0, 0.05) is 12.1 Å². The first-order valence-corrected chi connectivity index (χ1v) is 6.08. The molecule has 20 heavy (non-hydrogen) atoms. The maximum Gasteiger partial charge on any atom is 0.336 e. The summed E-state index contributed by atoms with van der Waals surface area (Å²) in [6.45, 7) is 1.79. The fourth-order valence-electron chi connectivity index (χ4n) is 1.63. The van der Waals surface area contributed by atoms with Crippen LogP contribution < -0.4 is 4.74 Å². The number of nitroso groups, excluding NO2 is 1. The second kappa shape index (κ2) is 6.43. The lowest BCUT2D eigenvalue weighted by molar-refractivity contribution is -0.128. The van der Waals surface area contributed by atoms with Crippen LogP contribution in [-0.2, 0) is 4.79 Å². The highest BCUT2D eigenvalue weighted by Gasteiger charge is 2.06. The van der Waals surface area contributed by atoms with Crippen LogP contribution in [0.3, 0.4) is 0 Å². The fourth-order valence-corrected chi connectivity index (χ4v) is 1.63. The zero-order valence-electron chi connectivity index (χ0n) is 10.9. The van der Waals surface area contributed by atoms with Gasteiger partial charge in [-0.25, -0.2) is 4.79 Å². The van der Waals surface area contributed by atoms with Crippen LogP contribution >= 0.6 is 0 Å². The van der Waals surface area contributed by atoms with Crippen molar-refractivity contribution in [3.8, 4) is 5.75 Å². The SMILES string of the molecule is Cc1ccc(N=O)cc1OC(=O)C=Cc1ccccc1. The predicted octanol–water partition coefficient (Wildman–Crippen LogP) is 4.01. The molecule has 0 bridgehead atoms. The number of ether oxygens (including phenoxy) is 1. The van der Waals surface area contributed by atoms with E-state index in [4.69, 9.17) is 4.74 Å². The average molecular weight is 267 g/mol. The van der Waals surface area contributed by atoms with Gasteiger partial charge in [-0.15, -0.1) is 4.91 Å². The molecule has 0 fully saturated rings. The van der Waals surface area contributed by atoms with E-state index in [1.54, 1.807) is 25.1 Å². The maximum absolute atomic E-state index is 11.7. The number of hydrogen-bond donors (Lipinski definition) is 0. The first-order valence-electron chi connectivity index (χ1n) is 6.08. The number of hydrogen-bond acceptors (Lipinski definition) is 4. The smallest absolute Gasteiger partial charge is 0.336 e. The molecule has 4 heteroatoms. The van der Waals surface area contributed by atoms with E-state index in [0.29, 0.717) is 5.75 Å². The van der Waals surface area contributed by atoms with Gasteiger partial charge in [0.1, 0.15) is 11.4 Å². The number of benzene rings is 2.